The predicted octanol–water partition coefficient (Wildman–Crippen LogP) is 4.34. The van der Waals surface area contributed by atoms with Crippen LogP contribution < -0.4 is 10.5 Å². The zero-order valence-electron chi connectivity index (χ0n) is 12.6. The molecule has 2 N–H and O–H groups in total. The van der Waals surface area contributed by atoms with Gasteiger partial charge >= 0.3 is 0 Å². The van der Waals surface area contributed by atoms with Crippen molar-refractivity contribution in [1.29, 1.82) is 0 Å². The maximum absolute atomic E-state index is 6.29. The highest BCUT2D eigenvalue weighted by atomic mass is 79.9. The van der Waals surface area contributed by atoms with Crippen LogP contribution in [0.5, 0.6) is 5.75 Å². The van der Waals surface area contributed by atoms with Crippen LogP contribution in [-0.4, -0.2) is 18.3 Å². The van der Waals surface area contributed by atoms with Crippen molar-refractivity contribution >= 4 is 15.9 Å². The van der Waals surface area contributed by atoms with Crippen LogP contribution in [0.2, 0.25) is 0 Å². The summed E-state index contributed by atoms with van der Waals surface area (Å²) in [5, 5.41) is 0. The van der Waals surface area contributed by atoms with E-state index in [1.165, 1.54) is 32.1 Å². The smallest absolute Gasteiger partial charge is 0.125 e. The van der Waals surface area contributed by atoms with Gasteiger partial charge in [0.05, 0.1) is 11.7 Å². The van der Waals surface area contributed by atoms with Crippen LogP contribution in [0.15, 0.2) is 22.7 Å². The summed E-state index contributed by atoms with van der Waals surface area (Å²) in [6.07, 6.45) is 7.61. The van der Waals surface area contributed by atoms with Crippen molar-refractivity contribution in [2.45, 2.75) is 63.2 Å². The third-order valence-electron chi connectivity index (χ3n) is 4.74. The molecule has 1 saturated heterocycles. The van der Waals surface area contributed by atoms with Gasteiger partial charge in [0.1, 0.15) is 12.4 Å². The van der Waals surface area contributed by atoms with Gasteiger partial charge in [0.15, 0.2) is 0 Å². The van der Waals surface area contributed by atoms with Crippen LogP contribution in [0.4, 0.5) is 0 Å². The second-order valence-corrected chi connectivity index (χ2v) is 7.37. The first-order valence-corrected chi connectivity index (χ1v) is 8.73. The van der Waals surface area contributed by atoms with E-state index in [4.69, 9.17) is 15.2 Å². The average molecular weight is 354 g/mol. The minimum atomic E-state index is -0.0289. The molecule has 1 heterocycles. The van der Waals surface area contributed by atoms with E-state index >= 15 is 0 Å². The molecule has 116 valence electrons. The standard InChI is InChI=1S/C17H24BrNO2/c1-12(19)15-5-4-13(18)10-16(15)20-11-14-6-9-17(21-14)7-2-3-8-17/h4-5,10,12,14H,2-3,6-9,11,19H2,1H3. The molecule has 1 aliphatic heterocycles. The highest BCUT2D eigenvalue weighted by molar-refractivity contribution is 9.10. The second kappa shape index (κ2) is 6.27. The van der Waals surface area contributed by atoms with Gasteiger partial charge in [-0.3, -0.25) is 0 Å². The second-order valence-electron chi connectivity index (χ2n) is 6.45. The molecule has 2 unspecified atom stereocenters. The van der Waals surface area contributed by atoms with Crippen molar-refractivity contribution < 1.29 is 9.47 Å². The first-order chi connectivity index (χ1) is 10.1. The Morgan fingerprint density at radius 2 is 2.14 bits per heavy atom. The third-order valence-corrected chi connectivity index (χ3v) is 5.24. The number of benzene rings is 1. The lowest BCUT2D eigenvalue weighted by atomic mass is 9.98. The largest absolute Gasteiger partial charge is 0.490 e. The molecule has 21 heavy (non-hydrogen) atoms. The molecule has 1 aromatic rings. The summed E-state index contributed by atoms with van der Waals surface area (Å²) in [6.45, 7) is 2.60. The van der Waals surface area contributed by atoms with Crippen molar-refractivity contribution in [2.75, 3.05) is 6.61 Å². The van der Waals surface area contributed by atoms with Gasteiger partial charge in [-0.05, 0) is 44.7 Å². The van der Waals surface area contributed by atoms with E-state index in [-0.39, 0.29) is 17.7 Å². The van der Waals surface area contributed by atoms with Crippen molar-refractivity contribution in [3.63, 3.8) is 0 Å². The maximum Gasteiger partial charge on any atom is 0.125 e. The Bertz CT molecular complexity index is 498. The zero-order chi connectivity index (χ0) is 14.9. The molecule has 0 amide bonds. The highest BCUT2D eigenvalue weighted by Gasteiger charge is 2.42. The van der Waals surface area contributed by atoms with Crippen LogP contribution in [-0.2, 0) is 4.74 Å². The number of hydrogen-bond donors (Lipinski definition) is 1. The van der Waals surface area contributed by atoms with Crippen molar-refractivity contribution in [1.82, 2.24) is 0 Å². The molecule has 0 aromatic heterocycles. The van der Waals surface area contributed by atoms with E-state index in [0.717, 1.165) is 22.2 Å². The van der Waals surface area contributed by atoms with Crippen LogP contribution in [0.25, 0.3) is 0 Å². The number of halogens is 1. The topological polar surface area (TPSA) is 44.5 Å². The molecule has 1 aliphatic carbocycles. The molecule has 0 bridgehead atoms. The molecular formula is C17H24BrNO2. The lowest BCUT2D eigenvalue weighted by molar-refractivity contribution is -0.0510. The Balaban J connectivity index is 1.62. The Morgan fingerprint density at radius 1 is 1.38 bits per heavy atom. The summed E-state index contributed by atoms with van der Waals surface area (Å²) in [4.78, 5) is 0. The lowest BCUT2D eigenvalue weighted by Crippen LogP contribution is -2.27. The summed E-state index contributed by atoms with van der Waals surface area (Å²) in [6, 6.07) is 6.00. The van der Waals surface area contributed by atoms with E-state index in [9.17, 15) is 0 Å². The summed E-state index contributed by atoms with van der Waals surface area (Å²) in [5.74, 6) is 0.871. The molecule has 4 heteroatoms. The van der Waals surface area contributed by atoms with Gasteiger partial charge in [0.2, 0.25) is 0 Å². The highest BCUT2D eigenvalue weighted by Crippen LogP contribution is 2.43. The predicted molar refractivity (Wildman–Crippen MR) is 87.5 cm³/mol. The lowest BCUT2D eigenvalue weighted by Gasteiger charge is -2.24. The van der Waals surface area contributed by atoms with Gasteiger partial charge < -0.3 is 15.2 Å². The fraction of sp³-hybridized carbons (Fsp3) is 0.647. The molecular weight excluding hydrogens is 330 g/mol. The summed E-state index contributed by atoms with van der Waals surface area (Å²) >= 11 is 3.50. The van der Waals surface area contributed by atoms with Gasteiger partial charge in [0, 0.05) is 16.1 Å². The van der Waals surface area contributed by atoms with Crippen LogP contribution >= 0.6 is 15.9 Å². The Morgan fingerprint density at radius 3 is 2.86 bits per heavy atom. The maximum atomic E-state index is 6.29. The molecule has 3 rings (SSSR count). The SMILES string of the molecule is CC(N)c1ccc(Br)cc1OCC1CCC2(CCCC2)O1. The van der Waals surface area contributed by atoms with Crippen LogP contribution in [0.3, 0.4) is 0 Å². The van der Waals surface area contributed by atoms with E-state index in [2.05, 4.69) is 15.9 Å². The van der Waals surface area contributed by atoms with Crippen molar-refractivity contribution in [3.8, 4) is 5.75 Å². The Kier molecular flexibility index (Phi) is 4.57. The summed E-state index contributed by atoms with van der Waals surface area (Å²) < 4.78 is 13.3. The quantitative estimate of drug-likeness (QED) is 0.875. The zero-order valence-corrected chi connectivity index (χ0v) is 14.2. The van der Waals surface area contributed by atoms with Crippen LogP contribution in [0, 0.1) is 0 Å². The number of rotatable bonds is 4. The van der Waals surface area contributed by atoms with E-state index in [0.29, 0.717) is 6.61 Å². The van der Waals surface area contributed by atoms with E-state index in [1.807, 2.05) is 25.1 Å². The summed E-state index contributed by atoms with van der Waals surface area (Å²) in [5.41, 5.74) is 7.24. The summed E-state index contributed by atoms with van der Waals surface area (Å²) in [7, 11) is 0. The fourth-order valence-corrected chi connectivity index (χ4v) is 3.93. The van der Waals surface area contributed by atoms with Gasteiger partial charge in [-0.1, -0.05) is 34.8 Å². The first-order valence-electron chi connectivity index (χ1n) is 7.94. The molecule has 1 spiro atoms. The molecule has 1 aromatic carbocycles. The van der Waals surface area contributed by atoms with Crippen molar-refractivity contribution in [3.05, 3.63) is 28.2 Å². The third kappa shape index (κ3) is 3.43. The van der Waals surface area contributed by atoms with Crippen molar-refractivity contribution in [2.24, 2.45) is 5.73 Å². The van der Waals surface area contributed by atoms with E-state index in [1.54, 1.807) is 0 Å². The van der Waals surface area contributed by atoms with E-state index < -0.39 is 0 Å². The number of hydrogen-bond acceptors (Lipinski definition) is 3. The molecule has 1 saturated carbocycles. The van der Waals surface area contributed by atoms with Gasteiger partial charge in [-0.2, -0.15) is 0 Å². The number of nitrogens with two attached hydrogens (primary N) is 1. The van der Waals surface area contributed by atoms with Gasteiger partial charge in [-0.25, -0.2) is 0 Å². The Hall–Kier alpha value is -0.580. The van der Waals surface area contributed by atoms with Gasteiger partial charge in [-0.15, -0.1) is 0 Å². The molecule has 2 aliphatic rings. The van der Waals surface area contributed by atoms with Crippen LogP contribution in [0.1, 0.15) is 57.1 Å². The normalized spacial score (nSPS) is 25.4. The molecule has 0 radical (unpaired) electrons. The fourth-order valence-electron chi connectivity index (χ4n) is 3.59. The monoisotopic (exact) mass is 353 g/mol. The van der Waals surface area contributed by atoms with Gasteiger partial charge in [0.25, 0.3) is 0 Å². The molecule has 2 atom stereocenters. The number of ether oxygens (including phenoxy) is 2. The molecule has 3 nitrogen and oxygen atoms in total. The first kappa shape index (κ1) is 15.3. The average Bonchev–Trinajstić information content (AvgIpc) is 3.07. The minimum absolute atomic E-state index is 0.0289. The Labute approximate surface area is 135 Å². The molecule has 2 fully saturated rings. The minimum Gasteiger partial charge on any atom is -0.490 e.